The quantitative estimate of drug-likeness (QED) is 0.100. The topological polar surface area (TPSA) is 135 Å². The first-order valence-corrected chi connectivity index (χ1v) is 10.8. The van der Waals surface area contributed by atoms with Crippen LogP contribution in [0.4, 0.5) is 5.69 Å². The molecule has 0 aliphatic rings. The molecule has 0 radical (unpaired) electrons. The van der Waals surface area contributed by atoms with Gasteiger partial charge in [0.1, 0.15) is 0 Å². The van der Waals surface area contributed by atoms with Crippen molar-refractivity contribution in [2.75, 3.05) is 33.3 Å². The number of hydrogen-bond donors (Lipinski definition) is 3. The largest absolute Gasteiger partial charge is 0.379 e. The minimum Gasteiger partial charge on any atom is -0.379 e. The van der Waals surface area contributed by atoms with Gasteiger partial charge >= 0.3 is 0 Å². The molecule has 1 rings (SSSR count). The van der Waals surface area contributed by atoms with Gasteiger partial charge in [-0.05, 0) is 18.4 Å². The van der Waals surface area contributed by atoms with Crippen molar-refractivity contribution in [3.8, 4) is 0 Å². The Labute approximate surface area is 195 Å². The first-order chi connectivity index (χ1) is 13.5. The number of sulfonamides is 1. The van der Waals surface area contributed by atoms with Gasteiger partial charge in [0.2, 0.25) is 10.0 Å². The Morgan fingerprint density at radius 3 is 2.47 bits per heavy atom. The summed E-state index contributed by atoms with van der Waals surface area (Å²) >= 11 is 0. The van der Waals surface area contributed by atoms with Crippen LogP contribution in [0.5, 0.6) is 0 Å². The van der Waals surface area contributed by atoms with Crippen LogP contribution in [-0.2, 0) is 14.8 Å². The molecule has 0 saturated heterocycles. The molecule has 0 amide bonds. The van der Waals surface area contributed by atoms with Crippen molar-refractivity contribution in [3.63, 3.8) is 0 Å². The van der Waals surface area contributed by atoms with E-state index in [9.17, 15) is 18.5 Å². The maximum absolute atomic E-state index is 12.3. The molecule has 1 unspecified atom stereocenters. The molecule has 0 heterocycles. The molecule has 30 heavy (non-hydrogen) atoms. The smallest absolute Gasteiger partial charge is 0.270 e. The summed E-state index contributed by atoms with van der Waals surface area (Å²) in [4.78, 5) is 14.5. The number of aliphatic imine (C=N–C) groups is 1. The minimum absolute atomic E-state index is 0. The summed E-state index contributed by atoms with van der Waals surface area (Å²) in [6.45, 7) is 9.61. The van der Waals surface area contributed by atoms with Gasteiger partial charge in [0.15, 0.2) is 5.96 Å². The number of methoxy groups -OCH3 is 1. The van der Waals surface area contributed by atoms with Crippen molar-refractivity contribution < 1.29 is 18.1 Å². The Bertz CT molecular complexity index is 811. The van der Waals surface area contributed by atoms with Gasteiger partial charge in [-0.25, -0.2) is 13.1 Å². The van der Waals surface area contributed by atoms with Gasteiger partial charge in [-0.3, -0.25) is 15.1 Å². The lowest BCUT2D eigenvalue weighted by Gasteiger charge is -2.28. The number of nitro groups is 1. The zero-order chi connectivity index (χ0) is 22.1. The highest BCUT2D eigenvalue weighted by molar-refractivity contribution is 14.0. The average molecular weight is 557 g/mol. The highest BCUT2D eigenvalue weighted by atomic mass is 127. The molecule has 0 fully saturated rings. The molecular weight excluding hydrogens is 525 g/mol. The van der Waals surface area contributed by atoms with Crippen molar-refractivity contribution in [2.24, 2.45) is 10.4 Å². The van der Waals surface area contributed by atoms with Crippen LogP contribution in [0.15, 0.2) is 34.2 Å². The maximum Gasteiger partial charge on any atom is 0.270 e. The fraction of sp³-hybridized carbons (Fsp3) is 0.611. The second-order valence-corrected chi connectivity index (χ2v) is 9.16. The molecule has 0 spiro atoms. The number of benzene rings is 1. The van der Waals surface area contributed by atoms with Gasteiger partial charge in [-0.1, -0.05) is 26.8 Å². The molecule has 0 aliphatic heterocycles. The zero-order valence-electron chi connectivity index (χ0n) is 18.0. The van der Waals surface area contributed by atoms with Gasteiger partial charge in [0.25, 0.3) is 5.69 Å². The minimum atomic E-state index is -3.85. The van der Waals surface area contributed by atoms with Crippen LogP contribution in [0.2, 0.25) is 0 Å². The van der Waals surface area contributed by atoms with Gasteiger partial charge in [-0.2, -0.15) is 0 Å². The van der Waals surface area contributed by atoms with Crippen molar-refractivity contribution in [1.82, 2.24) is 15.4 Å². The number of non-ortho nitro benzene ring substituents is 1. The molecule has 0 bridgehead atoms. The first-order valence-electron chi connectivity index (χ1n) is 9.30. The second-order valence-electron chi connectivity index (χ2n) is 7.39. The lowest BCUT2D eigenvalue weighted by Crippen LogP contribution is -2.42. The van der Waals surface area contributed by atoms with E-state index in [1.807, 2.05) is 6.92 Å². The van der Waals surface area contributed by atoms with E-state index in [4.69, 9.17) is 4.74 Å². The number of hydrogen-bond acceptors (Lipinski definition) is 6. The molecule has 1 aromatic carbocycles. The number of guanidine groups is 1. The van der Waals surface area contributed by atoms with Crippen LogP contribution in [0.3, 0.4) is 0 Å². The number of halogens is 1. The second kappa shape index (κ2) is 13.0. The highest BCUT2D eigenvalue weighted by Crippen LogP contribution is 2.21. The average Bonchev–Trinajstić information content (AvgIpc) is 2.64. The SMILES string of the molecule is CCNC(=NCC(OC)C(C)(C)C)NCCNS(=O)(=O)c1cccc([N+](=O)[O-])c1.I. The van der Waals surface area contributed by atoms with Crippen LogP contribution in [0, 0.1) is 15.5 Å². The van der Waals surface area contributed by atoms with Crippen molar-refractivity contribution in [1.29, 1.82) is 0 Å². The van der Waals surface area contributed by atoms with Crippen LogP contribution in [0.25, 0.3) is 0 Å². The third-order valence-electron chi connectivity index (χ3n) is 4.06. The van der Waals surface area contributed by atoms with Crippen LogP contribution < -0.4 is 15.4 Å². The zero-order valence-corrected chi connectivity index (χ0v) is 21.1. The predicted octanol–water partition coefficient (Wildman–Crippen LogP) is 2.11. The third-order valence-corrected chi connectivity index (χ3v) is 5.52. The molecule has 1 aromatic rings. The lowest BCUT2D eigenvalue weighted by atomic mass is 9.89. The fourth-order valence-electron chi connectivity index (χ4n) is 2.43. The summed E-state index contributed by atoms with van der Waals surface area (Å²) in [6.07, 6.45) is -0.0645. The van der Waals surface area contributed by atoms with Gasteiger partial charge in [0, 0.05) is 38.9 Å². The molecule has 0 aromatic heterocycles. The predicted molar refractivity (Wildman–Crippen MR) is 128 cm³/mol. The molecule has 12 heteroatoms. The number of ether oxygens (including phenoxy) is 1. The van der Waals surface area contributed by atoms with Crippen LogP contribution in [0.1, 0.15) is 27.7 Å². The summed E-state index contributed by atoms with van der Waals surface area (Å²) in [7, 11) is -2.20. The van der Waals surface area contributed by atoms with Crippen molar-refractivity contribution in [2.45, 2.75) is 38.7 Å². The Morgan fingerprint density at radius 1 is 1.27 bits per heavy atom. The molecule has 1 atom stereocenters. The molecule has 10 nitrogen and oxygen atoms in total. The van der Waals surface area contributed by atoms with Crippen molar-refractivity contribution in [3.05, 3.63) is 34.4 Å². The fourth-order valence-corrected chi connectivity index (χ4v) is 3.50. The van der Waals surface area contributed by atoms with E-state index in [2.05, 4.69) is 41.1 Å². The Kier molecular flexibility index (Phi) is 12.4. The third kappa shape index (κ3) is 9.53. The first kappa shape index (κ1) is 28.5. The summed E-state index contributed by atoms with van der Waals surface area (Å²) in [6, 6.07) is 4.91. The van der Waals surface area contributed by atoms with E-state index in [1.54, 1.807) is 7.11 Å². The number of nitro benzene ring substituents is 1. The number of nitrogens with zero attached hydrogens (tertiary/aromatic N) is 2. The standard InChI is InChI=1S/C18H31N5O5S.HI/c1-6-19-17(21-13-16(28-5)18(2,3)4)20-10-11-22-29(26,27)15-9-7-8-14(12-15)23(24)25;/h7-9,12,16,22H,6,10-11,13H2,1-5H3,(H2,19,20,21);1H. The van der Waals surface area contributed by atoms with E-state index in [0.717, 1.165) is 6.07 Å². The number of nitrogens with one attached hydrogen (secondary N) is 3. The van der Waals surface area contributed by atoms with E-state index in [-0.39, 0.29) is 59.2 Å². The number of rotatable bonds is 10. The van der Waals surface area contributed by atoms with Crippen LogP contribution >= 0.6 is 24.0 Å². The monoisotopic (exact) mass is 557 g/mol. The van der Waals surface area contributed by atoms with E-state index < -0.39 is 14.9 Å². The molecule has 172 valence electrons. The van der Waals surface area contributed by atoms with Gasteiger partial charge < -0.3 is 15.4 Å². The van der Waals surface area contributed by atoms with Gasteiger partial charge in [-0.15, -0.1) is 24.0 Å². The molecule has 0 saturated carbocycles. The highest BCUT2D eigenvalue weighted by Gasteiger charge is 2.24. The van der Waals surface area contributed by atoms with Gasteiger partial charge in [0.05, 0.1) is 22.5 Å². The Hall–Kier alpha value is -1.51. The van der Waals surface area contributed by atoms with E-state index in [1.165, 1.54) is 18.2 Å². The maximum atomic E-state index is 12.3. The summed E-state index contributed by atoms with van der Waals surface area (Å²) in [5, 5.41) is 17.0. The van der Waals surface area contributed by atoms with E-state index in [0.29, 0.717) is 19.0 Å². The normalized spacial score (nSPS) is 13.3. The molecule has 3 N–H and O–H groups in total. The lowest BCUT2D eigenvalue weighted by molar-refractivity contribution is -0.385. The summed E-state index contributed by atoms with van der Waals surface area (Å²) < 4.78 is 32.5. The van der Waals surface area contributed by atoms with E-state index >= 15 is 0 Å². The summed E-state index contributed by atoms with van der Waals surface area (Å²) in [5.41, 5.74) is -0.345. The van der Waals surface area contributed by atoms with Crippen molar-refractivity contribution >= 4 is 45.6 Å². The molecule has 0 aliphatic carbocycles. The van der Waals surface area contributed by atoms with Crippen LogP contribution in [-0.4, -0.2) is 58.7 Å². The summed E-state index contributed by atoms with van der Waals surface area (Å²) in [5.74, 6) is 0.549. The Balaban J connectivity index is 0.00000841. The molecular formula is C18H32IN5O5S. The Morgan fingerprint density at radius 2 is 1.93 bits per heavy atom.